The first-order valence-electron chi connectivity index (χ1n) is 6.16. The van der Waals surface area contributed by atoms with E-state index in [9.17, 15) is 13.5 Å². The van der Waals surface area contributed by atoms with Crippen molar-refractivity contribution >= 4 is 10.0 Å². The number of aryl methyl sites for hydroxylation is 1. The molecule has 19 heavy (non-hydrogen) atoms. The largest absolute Gasteiger partial charge is 0.393 e. The predicted molar refractivity (Wildman–Crippen MR) is 76.1 cm³/mol. The lowest BCUT2D eigenvalue weighted by Gasteiger charge is -2.16. The normalized spacial score (nSPS) is 15.4. The van der Waals surface area contributed by atoms with Crippen molar-refractivity contribution in [3.63, 3.8) is 0 Å². The van der Waals surface area contributed by atoms with Crippen LogP contribution in [-0.4, -0.2) is 31.0 Å². The fraction of sp³-hybridized carbons (Fsp3) is 0.429. The van der Waals surface area contributed by atoms with E-state index in [1.807, 2.05) is 13.8 Å². The van der Waals surface area contributed by atoms with Gasteiger partial charge in [0.25, 0.3) is 10.0 Å². The molecule has 1 N–H and O–H groups in total. The maximum atomic E-state index is 12.2. The number of aliphatic hydroxyl groups is 1. The summed E-state index contributed by atoms with van der Waals surface area (Å²) in [4.78, 5) is 0.259. The van der Waals surface area contributed by atoms with Crippen LogP contribution in [0.1, 0.15) is 19.4 Å². The van der Waals surface area contributed by atoms with Gasteiger partial charge in [-0.3, -0.25) is 4.31 Å². The Morgan fingerprint density at radius 3 is 2.21 bits per heavy atom. The van der Waals surface area contributed by atoms with Crippen LogP contribution >= 0.6 is 0 Å². The van der Waals surface area contributed by atoms with Crippen LogP contribution in [0, 0.1) is 12.8 Å². The third-order valence-corrected chi connectivity index (χ3v) is 4.81. The van der Waals surface area contributed by atoms with E-state index >= 15 is 0 Å². The van der Waals surface area contributed by atoms with Gasteiger partial charge in [-0.2, -0.15) is 0 Å². The summed E-state index contributed by atoms with van der Waals surface area (Å²) in [6.45, 7) is 5.40. The molecule has 106 valence electrons. The standard InChI is InChI=1S/C14H21NO3S/c1-11-5-7-14(8-6-11)19(17,18)15(4)10-9-12(2)13(3)16/h5-10,12-13,16H,1-4H3/b10-9-/t12-,13+/m0/s1. The van der Waals surface area contributed by atoms with Crippen LogP contribution in [0.4, 0.5) is 0 Å². The van der Waals surface area contributed by atoms with E-state index in [1.54, 1.807) is 37.3 Å². The van der Waals surface area contributed by atoms with Gasteiger partial charge in [0.1, 0.15) is 0 Å². The summed E-state index contributed by atoms with van der Waals surface area (Å²) in [6, 6.07) is 6.71. The van der Waals surface area contributed by atoms with Gasteiger partial charge in [0.15, 0.2) is 0 Å². The molecule has 0 aliphatic heterocycles. The molecule has 0 saturated carbocycles. The summed E-state index contributed by atoms with van der Waals surface area (Å²) in [6.07, 6.45) is 2.65. The number of hydrogen-bond acceptors (Lipinski definition) is 3. The lowest BCUT2D eigenvalue weighted by molar-refractivity contribution is 0.157. The number of aliphatic hydroxyl groups excluding tert-OH is 1. The molecule has 0 saturated heterocycles. The van der Waals surface area contributed by atoms with Crippen molar-refractivity contribution in [3.8, 4) is 0 Å². The molecule has 0 spiro atoms. The molecule has 0 unspecified atom stereocenters. The van der Waals surface area contributed by atoms with E-state index in [-0.39, 0.29) is 10.8 Å². The van der Waals surface area contributed by atoms with Crippen molar-refractivity contribution in [2.24, 2.45) is 5.92 Å². The average Bonchev–Trinajstić information content (AvgIpc) is 2.35. The quantitative estimate of drug-likeness (QED) is 0.900. The number of hydrogen-bond donors (Lipinski definition) is 1. The van der Waals surface area contributed by atoms with E-state index in [0.717, 1.165) is 9.87 Å². The molecule has 0 radical (unpaired) electrons. The highest BCUT2D eigenvalue weighted by Crippen LogP contribution is 2.16. The number of sulfonamides is 1. The fourth-order valence-corrected chi connectivity index (χ4v) is 2.42. The summed E-state index contributed by atoms with van der Waals surface area (Å²) in [5.74, 6) is -0.101. The lowest BCUT2D eigenvalue weighted by atomic mass is 10.1. The zero-order valence-electron chi connectivity index (χ0n) is 11.7. The van der Waals surface area contributed by atoms with Gasteiger partial charge in [0, 0.05) is 19.2 Å². The van der Waals surface area contributed by atoms with Crippen LogP contribution in [0.25, 0.3) is 0 Å². The van der Waals surface area contributed by atoms with Crippen LogP contribution in [0.15, 0.2) is 41.4 Å². The van der Waals surface area contributed by atoms with E-state index in [2.05, 4.69) is 0 Å². The Balaban J connectivity index is 2.91. The van der Waals surface area contributed by atoms with E-state index < -0.39 is 16.1 Å². The molecule has 1 aromatic rings. The first kappa shape index (κ1) is 15.7. The van der Waals surface area contributed by atoms with Crippen LogP contribution in [-0.2, 0) is 10.0 Å². The van der Waals surface area contributed by atoms with E-state index in [0.29, 0.717) is 0 Å². The minimum atomic E-state index is -3.51. The Hall–Kier alpha value is -1.33. The second-order valence-corrected chi connectivity index (χ2v) is 6.77. The Bertz CT molecular complexity index is 532. The molecule has 4 nitrogen and oxygen atoms in total. The van der Waals surface area contributed by atoms with Crippen molar-refractivity contribution < 1.29 is 13.5 Å². The van der Waals surface area contributed by atoms with Crippen LogP contribution in [0.3, 0.4) is 0 Å². The SMILES string of the molecule is Cc1ccc(S(=O)(=O)N(C)/C=C\[C@H](C)[C@@H](C)O)cc1. The van der Waals surface area contributed by atoms with Crippen molar-refractivity contribution in [2.75, 3.05) is 7.05 Å². The Labute approximate surface area is 115 Å². The highest BCUT2D eigenvalue weighted by atomic mass is 32.2. The van der Waals surface area contributed by atoms with Gasteiger partial charge < -0.3 is 5.11 Å². The van der Waals surface area contributed by atoms with Crippen LogP contribution in [0.5, 0.6) is 0 Å². The monoisotopic (exact) mass is 283 g/mol. The minimum absolute atomic E-state index is 0.101. The number of nitrogens with zero attached hydrogens (tertiary/aromatic N) is 1. The molecule has 0 aliphatic carbocycles. The second-order valence-electron chi connectivity index (χ2n) is 4.78. The fourth-order valence-electron chi connectivity index (χ4n) is 1.37. The summed E-state index contributed by atoms with van der Waals surface area (Å²) >= 11 is 0. The summed E-state index contributed by atoms with van der Waals surface area (Å²) in [5, 5.41) is 9.36. The van der Waals surface area contributed by atoms with Crippen LogP contribution in [0.2, 0.25) is 0 Å². The molecule has 0 heterocycles. The van der Waals surface area contributed by atoms with Crippen molar-refractivity contribution in [3.05, 3.63) is 42.1 Å². The van der Waals surface area contributed by atoms with Gasteiger partial charge in [-0.1, -0.05) is 30.7 Å². The maximum Gasteiger partial charge on any atom is 0.263 e. The summed E-state index contributed by atoms with van der Waals surface area (Å²) < 4.78 is 25.6. The smallest absolute Gasteiger partial charge is 0.263 e. The number of rotatable bonds is 5. The minimum Gasteiger partial charge on any atom is -0.393 e. The third-order valence-electron chi connectivity index (χ3n) is 3.06. The van der Waals surface area contributed by atoms with Gasteiger partial charge >= 0.3 is 0 Å². The van der Waals surface area contributed by atoms with E-state index in [1.165, 1.54) is 13.2 Å². The van der Waals surface area contributed by atoms with Gasteiger partial charge in [-0.05, 0) is 26.0 Å². The molecule has 5 heteroatoms. The van der Waals surface area contributed by atoms with Crippen LogP contribution < -0.4 is 0 Å². The Kier molecular flexibility index (Phi) is 5.14. The number of benzene rings is 1. The second kappa shape index (κ2) is 6.21. The Morgan fingerprint density at radius 1 is 1.21 bits per heavy atom. The molecular formula is C14H21NO3S. The van der Waals surface area contributed by atoms with Gasteiger partial charge in [0.05, 0.1) is 11.0 Å². The zero-order valence-corrected chi connectivity index (χ0v) is 12.6. The highest BCUT2D eigenvalue weighted by molar-refractivity contribution is 7.89. The average molecular weight is 283 g/mol. The highest BCUT2D eigenvalue weighted by Gasteiger charge is 2.17. The zero-order chi connectivity index (χ0) is 14.6. The molecule has 1 aromatic carbocycles. The van der Waals surface area contributed by atoms with Crippen molar-refractivity contribution in [1.82, 2.24) is 4.31 Å². The molecule has 0 amide bonds. The summed E-state index contributed by atoms with van der Waals surface area (Å²) in [5.41, 5.74) is 1.01. The maximum absolute atomic E-state index is 12.2. The van der Waals surface area contributed by atoms with Gasteiger partial charge in [-0.25, -0.2) is 8.42 Å². The molecule has 2 atom stereocenters. The molecule has 1 rings (SSSR count). The molecule has 0 aromatic heterocycles. The van der Waals surface area contributed by atoms with Gasteiger partial charge in [-0.15, -0.1) is 0 Å². The predicted octanol–water partition coefficient (Wildman–Crippen LogP) is 2.15. The van der Waals surface area contributed by atoms with Crippen molar-refractivity contribution in [2.45, 2.75) is 31.8 Å². The molecule has 0 aliphatic rings. The third kappa shape index (κ3) is 4.08. The topological polar surface area (TPSA) is 57.6 Å². The lowest BCUT2D eigenvalue weighted by Crippen LogP contribution is -2.22. The Morgan fingerprint density at radius 2 is 1.74 bits per heavy atom. The van der Waals surface area contributed by atoms with Crippen molar-refractivity contribution in [1.29, 1.82) is 0 Å². The van der Waals surface area contributed by atoms with Gasteiger partial charge in [0.2, 0.25) is 0 Å². The van der Waals surface area contributed by atoms with E-state index in [4.69, 9.17) is 0 Å². The first-order chi connectivity index (χ1) is 8.75. The molecular weight excluding hydrogens is 262 g/mol. The molecule has 0 bridgehead atoms. The first-order valence-corrected chi connectivity index (χ1v) is 7.60. The summed E-state index contributed by atoms with van der Waals surface area (Å²) in [7, 11) is -2.03. The molecule has 0 fully saturated rings.